The molecule has 1 atom stereocenters. The topological polar surface area (TPSA) is 71.1 Å². The fourth-order valence-electron chi connectivity index (χ4n) is 4.77. The third kappa shape index (κ3) is 4.40. The third-order valence-corrected chi connectivity index (χ3v) is 8.00. The lowest BCUT2D eigenvalue weighted by atomic mass is 10.1. The van der Waals surface area contributed by atoms with Gasteiger partial charge in [-0.15, -0.1) is 11.8 Å². The molecule has 0 bridgehead atoms. The average Bonchev–Trinajstić information content (AvgIpc) is 3.45. The number of methoxy groups -OCH3 is 2. The fourth-order valence-corrected chi connectivity index (χ4v) is 6.22. The van der Waals surface area contributed by atoms with E-state index in [1.807, 2.05) is 0 Å². The molecule has 2 aliphatic rings. The van der Waals surface area contributed by atoms with Crippen LogP contribution >= 0.6 is 11.8 Å². The largest absolute Gasteiger partial charge is 0.497 e. The van der Waals surface area contributed by atoms with E-state index >= 15 is 0 Å². The highest BCUT2D eigenvalue weighted by Gasteiger charge is 2.59. The Bertz CT molecular complexity index is 1380. The molecule has 1 N–H and O–H groups in total. The van der Waals surface area contributed by atoms with Crippen molar-refractivity contribution < 1.29 is 32.2 Å². The van der Waals surface area contributed by atoms with Crippen molar-refractivity contribution in [1.82, 2.24) is 4.90 Å². The molecule has 7 nitrogen and oxygen atoms in total. The fraction of sp³-hybridized carbons (Fsp3) is 0.259. The summed E-state index contributed by atoms with van der Waals surface area (Å²) in [6.45, 7) is 0.213. The Labute approximate surface area is 221 Å². The predicted octanol–water partition coefficient (Wildman–Crippen LogP) is 5.70. The summed E-state index contributed by atoms with van der Waals surface area (Å²) in [5.41, 5.74) is 1.14. The van der Waals surface area contributed by atoms with E-state index < -0.39 is 28.5 Å². The zero-order chi connectivity index (χ0) is 27.1. The number of anilines is 2. The Balaban J connectivity index is 1.51. The smallest absolute Gasteiger partial charge is 0.416 e. The molecule has 2 aliphatic heterocycles. The summed E-state index contributed by atoms with van der Waals surface area (Å²) in [4.78, 5) is 29.2. The molecule has 3 amide bonds. The first kappa shape index (κ1) is 25.8. The van der Waals surface area contributed by atoms with Crippen LogP contribution in [-0.4, -0.2) is 43.4 Å². The van der Waals surface area contributed by atoms with Gasteiger partial charge in [-0.25, -0.2) is 4.79 Å². The van der Waals surface area contributed by atoms with Crippen LogP contribution in [0, 0.1) is 0 Å². The second-order valence-corrected chi connectivity index (χ2v) is 10.1. The number of benzene rings is 3. The number of hydrogen-bond donors (Lipinski definition) is 1. The highest BCUT2D eigenvalue weighted by atomic mass is 32.2. The Kier molecular flexibility index (Phi) is 6.64. The molecule has 2 heterocycles. The van der Waals surface area contributed by atoms with Crippen molar-refractivity contribution in [2.75, 3.05) is 36.7 Å². The van der Waals surface area contributed by atoms with Gasteiger partial charge in [0.1, 0.15) is 11.5 Å². The minimum absolute atomic E-state index is 0.0850. The molecular weight excluding hydrogens is 519 g/mol. The van der Waals surface area contributed by atoms with Gasteiger partial charge < -0.3 is 19.7 Å². The van der Waals surface area contributed by atoms with Crippen LogP contribution in [0.25, 0.3) is 0 Å². The second-order valence-electron chi connectivity index (χ2n) is 8.78. The van der Waals surface area contributed by atoms with Gasteiger partial charge in [0, 0.05) is 23.5 Å². The lowest BCUT2D eigenvalue weighted by molar-refractivity contribution is -0.137. The number of amides is 3. The van der Waals surface area contributed by atoms with Crippen LogP contribution in [0.15, 0.2) is 66.7 Å². The van der Waals surface area contributed by atoms with E-state index in [0.29, 0.717) is 46.3 Å². The predicted molar refractivity (Wildman–Crippen MR) is 138 cm³/mol. The highest BCUT2D eigenvalue weighted by Crippen LogP contribution is 2.55. The number of hydrogen-bond acceptors (Lipinski definition) is 5. The zero-order valence-corrected chi connectivity index (χ0v) is 21.4. The summed E-state index contributed by atoms with van der Waals surface area (Å²) in [6.07, 6.45) is -4.50. The number of halogens is 3. The first-order valence-electron chi connectivity index (χ1n) is 11.7. The van der Waals surface area contributed by atoms with Gasteiger partial charge in [0.2, 0.25) is 0 Å². The molecule has 0 aliphatic carbocycles. The van der Waals surface area contributed by atoms with Gasteiger partial charge in [-0.05, 0) is 60.2 Å². The SMILES string of the molecule is COc1ccc(NC(=O)N2CCS[C@@]23C(=O)N(Cc2cccc(C(F)(F)F)c2)c2ccc(OC)cc23)cc1. The van der Waals surface area contributed by atoms with Crippen LogP contribution in [0.2, 0.25) is 0 Å². The Morgan fingerprint density at radius 1 is 1.03 bits per heavy atom. The third-order valence-electron chi connectivity index (χ3n) is 6.58. The highest BCUT2D eigenvalue weighted by molar-refractivity contribution is 8.01. The van der Waals surface area contributed by atoms with E-state index in [1.54, 1.807) is 55.6 Å². The molecule has 11 heteroatoms. The van der Waals surface area contributed by atoms with Crippen molar-refractivity contribution in [3.05, 3.63) is 83.4 Å². The number of nitrogens with zero attached hydrogens (tertiary/aromatic N) is 2. The number of alkyl halides is 3. The molecular formula is C27H24F3N3O4S. The van der Waals surface area contributed by atoms with Gasteiger partial charge in [-0.2, -0.15) is 13.2 Å². The van der Waals surface area contributed by atoms with Gasteiger partial charge in [0.25, 0.3) is 5.91 Å². The minimum Gasteiger partial charge on any atom is -0.497 e. The lowest BCUT2D eigenvalue weighted by Gasteiger charge is -2.33. The molecule has 0 saturated carbocycles. The van der Waals surface area contributed by atoms with E-state index in [2.05, 4.69) is 5.32 Å². The summed E-state index contributed by atoms with van der Waals surface area (Å²) in [5, 5.41) is 2.85. The molecule has 1 saturated heterocycles. The molecule has 1 fully saturated rings. The van der Waals surface area contributed by atoms with Crippen LogP contribution < -0.4 is 19.7 Å². The lowest BCUT2D eigenvalue weighted by Crippen LogP contribution is -2.51. The number of nitrogens with one attached hydrogen (secondary N) is 1. The number of thioether (sulfide) groups is 1. The van der Waals surface area contributed by atoms with Crippen molar-refractivity contribution in [1.29, 1.82) is 0 Å². The molecule has 5 rings (SSSR count). The number of carbonyl (C=O) groups excluding carboxylic acids is 2. The normalized spacial score (nSPS) is 18.6. The maximum atomic E-state index is 14.1. The summed E-state index contributed by atoms with van der Waals surface area (Å²) in [5.74, 6) is 1.23. The second kappa shape index (κ2) is 9.79. The standard InChI is InChI=1S/C27H24F3N3O4S/c1-36-20-8-6-19(7-9-20)31-25(35)33-12-13-38-26(33)22-15-21(37-2)10-11-23(22)32(24(26)34)16-17-4-3-5-18(14-17)27(28,29)30/h3-11,14-15H,12-13,16H2,1-2H3,(H,31,35)/t26-/m0/s1. The Hall–Kier alpha value is -3.86. The van der Waals surface area contributed by atoms with E-state index in [1.165, 1.54) is 34.7 Å². The van der Waals surface area contributed by atoms with Crippen LogP contribution in [0.3, 0.4) is 0 Å². The number of fused-ring (bicyclic) bond motifs is 2. The summed E-state index contributed by atoms with van der Waals surface area (Å²) >= 11 is 1.32. The van der Waals surface area contributed by atoms with E-state index in [-0.39, 0.29) is 6.54 Å². The van der Waals surface area contributed by atoms with Gasteiger partial charge in [0.15, 0.2) is 4.87 Å². The minimum atomic E-state index is -4.50. The molecule has 3 aromatic rings. The van der Waals surface area contributed by atoms with Crippen LogP contribution in [0.4, 0.5) is 29.3 Å². The molecule has 1 spiro atoms. The molecule has 198 valence electrons. The number of rotatable bonds is 5. The summed E-state index contributed by atoms with van der Waals surface area (Å²) in [7, 11) is 3.04. The Morgan fingerprint density at radius 2 is 1.74 bits per heavy atom. The van der Waals surface area contributed by atoms with Crippen molar-refractivity contribution >= 4 is 35.1 Å². The van der Waals surface area contributed by atoms with Gasteiger partial charge >= 0.3 is 12.2 Å². The quantitative estimate of drug-likeness (QED) is 0.447. The molecule has 3 aromatic carbocycles. The number of urea groups is 1. The first-order chi connectivity index (χ1) is 18.2. The van der Waals surface area contributed by atoms with Gasteiger partial charge in [-0.3, -0.25) is 9.69 Å². The van der Waals surface area contributed by atoms with E-state index in [4.69, 9.17) is 9.47 Å². The van der Waals surface area contributed by atoms with Crippen LogP contribution in [-0.2, 0) is 22.4 Å². The average molecular weight is 544 g/mol. The summed E-state index contributed by atoms with van der Waals surface area (Å²) in [6, 6.07) is 16.3. The number of carbonyl (C=O) groups is 2. The monoisotopic (exact) mass is 543 g/mol. The van der Waals surface area contributed by atoms with E-state index in [9.17, 15) is 22.8 Å². The first-order valence-corrected chi connectivity index (χ1v) is 12.7. The van der Waals surface area contributed by atoms with Crippen molar-refractivity contribution in [2.45, 2.75) is 17.6 Å². The van der Waals surface area contributed by atoms with Crippen LogP contribution in [0.1, 0.15) is 16.7 Å². The van der Waals surface area contributed by atoms with E-state index in [0.717, 1.165) is 12.1 Å². The van der Waals surface area contributed by atoms with Crippen molar-refractivity contribution in [3.8, 4) is 11.5 Å². The number of ether oxygens (including phenoxy) is 2. The maximum Gasteiger partial charge on any atom is 0.416 e. The maximum absolute atomic E-state index is 14.1. The van der Waals surface area contributed by atoms with Crippen molar-refractivity contribution in [3.63, 3.8) is 0 Å². The molecule has 0 radical (unpaired) electrons. The molecule has 38 heavy (non-hydrogen) atoms. The Morgan fingerprint density at radius 3 is 2.42 bits per heavy atom. The zero-order valence-electron chi connectivity index (χ0n) is 20.5. The summed E-state index contributed by atoms with van der Waals surface area (Å²) < 4.78 is 50.5. The molecule has 0 aromatic heterocycles. The van der Waals surface area contributed by atoms with Gasteiger partial charge in [-0.1, -0.05) is 12.1 Å². The van der Waals surface area contributed by atoms with Gasteiger partial charge in [0.05, 0.1) is 32.0 Å². The van der Waals surface area contributed by atoms with Crippen molar-refractivity contribution in [2.24, 2.45) is 0 Å². The molecule has 0 unspecified atom stereocenters. The van der Waals surface area contributed by atoms with Crippen LogP contribution in [0.5, 0.6) is 11.5 Å².